The fourth-order valence-electron chi connectivity index (χ4n) is 1.85. The third kappa shape index (κ3) is 2.74. The smallest absolute Gasteiger partial charge is 0.122 e. The van der Waals surface area contributed by atoms with Crippen molar-refractivity contribution in [1.82, 2.24) is 0 Å². The molecule has 16 heavy (non-hydrogen) atoms. The molecule has 0 saturated carbocycles. The highest BCUT2D eigenvalue weighted by Crippen LogP contribution is 2.21. The maximum absolute atomic E-state index is 5.83. The van der Waals surface area contributed by atoms with E-state index in [1.54, 1.807) is 0 Å². The van der Waals surface area contributed by atoms with E-state index in [-0.39, 0.29) is 0 Å². The lowest BCUT2D eigenvalue weighted by molar-refractivity contribution is 0.167. The lowest BCUT2D eigenvalue weighted by Crippen LogP contribution is -2.12. The zero-order valence-electron chi connectivity index (χ0n) is 9.74. The largest absolute Gasteiger partial charge is 0.493 e. The molecular weight excluding hydrogens is 202 g/mol. The van der Waals surface area contributed by atoms with Crippen molar-refractivity contribution in [2.24, 2.45) is 11.7 Å². The molecule has 0 bridgehead atoms. The van der Waals surface area contributed by atoms with Crippen molar-refractivity contribution in [2.75, 3.05) is 19.8 Å². The van der Waals surface area contributed by atoms with Gasteiger partial charge >= 0.3 is 0 Å². The molecule has 1 fully saturated rings. The molecule has 3 nitrogen and oxygen atoms in total. The Morgan fingerprint density at radius 1 is 1.50 bits per heavy atom. The summed E-state index contributed by atoms with van der Waals surface area (Å²) >= 11 is 0. The molecular formula is C13H19NO2. The molecule has 2 rings (SSSR count). The normalized spacial score (nSPS) is 20.0. The highest BCUT2D eigenvalue weighted by Gasteiger charge is 2.16. The maximum atomic E-state index is 5.83. The number of nitrogens with two attached hydrogens (primary N) is 1. The van der Waals surface area contributed by atoms with Gasteiger partial charge in [-0.2, -0.15) is 0 Å². The number of rotatable bonds is 4. The monoisotopic (exact) mass is 221 g/mol. The van der Waals surface area contributed by atoms with Crippen LogP contribution in [0, 0.1) is 12.8 Å². The third-order valence-corrected chi connectivity index (χ3v) is 2.99. The Balaban J connectivity index is 1.96. The second-order valence-electron chi connectivity index (χ2n) is 4.34. The van der Waals surface area contributed by atoms with Crippen LogP contribution in [0.3, 0.4) is 0 Å². The van der Waals surface area contributed by atoms with E-state index in [1.165, 1.54) is 0 Å². The Morgan fingerprint density at radius 3 is 3.06 bits per heavy atom. The van der Waals surface area contributed by atoms with Crippen molar-refractivity contribution in [3.63, 3.8) is 0 Å². The number of aryl methyl sites for hydroxylation is 1. The summed E-state index contributed by atoms with van der Waals surface area (Å²) in [7, 11) is 0. The molecule has 0 aliphatic carbocycles. The first-order valence-electron chi connectivity index (χ1n) is 5.79. The minimum absolute atomic E-state index is 0.543. The van der Waals surface area contributed by atoms with E-state index in [0.29, 0.717) is 12.5 Å². The summed E-state index contributed by atoms with van der Waals surface area (Å²) in [4.78, 5) is 0. The number of hydrogen-bond donors (Lipinski definition) is 1. The van der Waals surface area contributed by atoms with Crippen LogP contribution in [0.5, 0.6) is 5.75 Å². The van der Waals surface area contributed by atoms with E-state index in [4.69, 9.17) is 15.2 Å². The van der Waals surface area contributed by atoms with Crippen LogP contribution in [-0.2, 0) is 11.3 Å². The number of ether oxygens (including phenoxy) is 2. The van der Waals surface area contributed by atoms with Crippen LogP contribution >= 0.6 is 0 Å². The van der Waals surface area contributed by atoms with Crippen LogP contribution in [0.25, 0.3) is 0 Å². The van der Waals surface area contributed by atoms with Crippen LogP contribution < -0.4 is 10.5 Å². The predicted molar refractivity (Wildman–Crippen MR) is 63.5 cm³/mol. The second-order valence-corrected chi connectivity index (χ2v) is 4.34. The van der Waals surface area contributed by atoms with E-state index < -0.39 is 0 Å². The average molecular weight is 221 g/mol. The third-order valence-electron chi connectivity index (χ3n) is 2.99. The summed E-state index contributed by atoms with van der Waals surface area (Å²) in [6, 6.07) is 6.13. The quantitative estimate of drug-likeness (QED) is 0.844. The molecule has 2 N–H and O–H groups in total. The van der Waals surface area contributed by atoms with Gasteiger partial charge in [-0.05, 0) is 30.5 Å². The molecule has 0 radical (unpaired) electrons. The standard InChI is InChI=1S/C13H19NO2/c1-10-2-3-11(7-14)6-13(10)16-9-12-4-5-15-8-12/h2-3,6,12H,4-5,7-9,14H2,1H3. The van der Waals surface area contributed by atoms with Crippen molar-refractivity contribution >= 4 is 0 Å². The summed E-state index contributed by atoms with van der Waals surface area (Å²) in [5, 5.41) is 0. The summed E-state index contributed by atoms with van der Waals surface area (Å²) < 4.78 is 11.1. The molecule has 1 saturated heterocycles. The Bertz CT molecular complexity index is 346. The van der Waals surface area contributed by atoms with Gasteiger partial charge in [0.2, 0.25) is 0 Å². The Morgan fingerprint density at radius 2 is 2.38 bits per heavy atom. The van der Waals surface area contributed by atoms with Gasteiger partial charge in [-0.15, -0.1) is 0 Å². The lowest BCUT2D eigenvalue weighted by atomic mass is 10.1. The van der Waals surface area contributed by atoms with Crippen molar-refractivity contribution < 1.29 is 9.47 Å². The van der Waals surface area contributed by atoms with Crippen molar-refractivity contribution in [2.45, 2.75) is 19.9 Å². The van der Waals surface area contributed by atoms with Gasteiger partial charge in [0, 0.05) is 19.1 Å². The van der Waals surface area contributed by atoms with Gasteiger partial charge in [0.05, 0.1) is 13.2 Å². The van der Waals surface area contributed by atoms with Crippen molar-refractivity contribution in [3.05, 3.63) is 29.3 Å². The highest BCUT2D eigenvalue weighted by atomic mass is 16.5. The molecule has 1 aromatic carbocycles. The molecule has 88 valence electrons. The van der Waals surface area contributed by atoms with Gasteiger partial charge in [-0.3, -0.25) is 0 Å². The summed E-state index contributed by atoms with van der Waals surface area (Å²) in [5.74, 6) is 1.50. The van der Waals surface area contributed by atoms with Gasteiger partial charge in [-0.1, -0.05) is 12.1 Å². The molecule has 0 aromatic heterocycles. The minimum Gasteiger partial charge on any atom is -0.493 e. The fourth-order valence-corrected chi connectivity index (χ4v) is 1.85. The fraction of sp³-hybridized carbons (Fsp3) is 0.538. The van der Waals surface area contributed by atoms with Crippen LogP contribution in [0.1, 0.15) is 17.5 Å². The minimum atomic E-state index is 0.543. The first kappa shape index (κ1) is 11.4. The van der Waals surface area contributed by atoms with E-state index in [0.717, 1.165) is 43.1 Å². The molecule has 1 aromatic rings. The zero-order valence-corrected chi connectivity index (χ0v) is 9.74. The van der Waals surface area contributed by atoms with Gasteiger partial charge in [0.1, 0.15) is 5.75 Å². The number of hydrogen-bond acceptors (Lipinski definition) is 3. The molecule has 1 unspecified atom stereocenters. The Hall–Kier alpha value is -1.06. The first-order valence-corrected chi connectivity index (χ1v) is 5.79. The highest BCUT2D eigenvalue weighted by molar-refractivity contribution is 5.36. The van der Waals surface area contributed by atoms with E-state index in [1.807, 2.05) is 12.1 Å². The van der Waals surface area contributed by atoms with Crippen molar-refractivity contribution in [3.8, 4) is 5.75 Å². The Kier molecular flexibility index (Phi) is 3.80. The van der Waals surface area contributed by atoms with Gasteiger partial charge in [0.25, 0.3) is 0 Å². The van der Waals surface area contributed by atoms with Gasteiger partial charge in [-0.25, -0.2) is 0 Å². The first-order chi connectivity index (χ1) is 7.79. The summed E-state index contributed by atoms with van der Waals surface area (Å²) in [6.45, 7) is 5.06. The molecule has 3 heteroatoms. The molecule has 1 aliphatic rings. The molecule has 1 atom stereocenters. The summed E-state index contributed by atoms with van der Waals surface area (Å²) in [6.07, 6.45) is 1.11. The van der Waals surface area contributed by atoms with E-state index in [2.05, 4.69) is 13.0 Å². The topological polar surface area (TPSA) is 44.5 Å². The Labute approximate surface area is 96.5 Å². The number of benzene rings is 1. The van der Waals surface area contributed by atoms with Crippen molar-refractivity contribution in [1.29, 1.82) is 0 Å². The predicted octanol–water partition coefficient (Wildman–Crippen LogP) is 1.87. The second kappa shape index (κ2) is 5.32. The molecule has 1 heterocycles. The SMILES string of the molecule is Cc1ccc(CN)cc1OCC1CCOC1. The van der Waals surface area contributed by atoms with Crippen LogP contribution in [0.15, 0.2) is 18.2 Å². The van der Waals surface area contributed by atoms with Gasteiger partial charge in [0.15, 0.2) is 0 Å². The van der Waals surface area contributed by atoms with Crippen LogP contribution in [0.4, 0.5) is 0 Å². The maximum Gasteiger partial charge on any atom is 0.122 e. The van der Waals surface area contributed by atoms with Crippen LogP contribution in [-0.4, -0.2) is 19.8 Å². The molecule has 0 spiro atoms. The lowest BCUT2D eigenvalue weighted by Gasteiger charge is -2.13. The molecule has 1 aliphatic heterocycles. The van der Waals surface area contributed by atoms with E-state index in [9.17, 15) is 0 Å². The zero-order chi connectivity index (χ0) is 11.4. The van der Waals surface area contributed by atoms with Crippen LogP contribution in [0.2, 0.25) is 0 Å². The average Bonchev–Trinajstić information content (AvgIpc) is 2.81. The van der Waals surface area contributed by atoms with Gasteiger partial charge < -0.3 is 15.2 Å². The summed E-state index contributed by atoms with van der Waals surface area (Å²) in [5.41, 5.74) is 7.89. The molecule has 0 amide bonds. The van der Waals surface area contributed by atoms with E-state index >= 15 is 0 Å².